The first kappa shape index (κ1) is 12.2. The van der Waals surface area contributed by atoms with Crippen LogP contribution in [0.3, 0.4) is 0 Å². The minimum atomic E-state index is -0.198. The predicted molar refractivity (Wildman–Crippen MR) is 63.7 cm³/mol. The molecule has 1 aromatic rings. The molecule has 2 unspecified atom stereocenters. The van der Waals surface area contributed by atoms with Gasteiger partial charge in [0.25, 0.3) is 5.91 Å². The summed E-state index contributed by atoms with van der Waals surface area (Å²) in [7, 11) is 0. The number of furan rings is 1. The third kappa shape index (κ3) is 3.09. The van der Waals surface area contributed by atoms with Gasteiger partial charge in [-0.05, 0) is 38.2 Å². The molecule has 0 radical (unpaired) electrons. The van der Waals surface area contributed by atoms with E-state index >= 15 is 0 Å². The van der Waals surface area contributed by atoms with Crippen molar-refractivity contribution in [3.63, 3.8) is 0 Å². The van der Waals surface area contributed by atoms with E-state index in [0.29, 0.717) is 18.2 Å². The zero-order valence-corrected chi connectivity index (χ0v) is 10.1. The van der Waals surface area contributed by atoms with Gasteiger partial charge in [0.1, 0.15) is 0 Å². The molecule has 0 saturated heterocycles. The molecule has 1 saturated carbocycles. The maximum Gasteiger partial charge on any atom is 0.287 e. The molecule has 94 valence electrons. The van der Waals surface area contributed by atoms with Crippen LogP contribution in [0.1, 0.15) is 41.8 Å². The molecule has 1 fully saturated rings. The molecule has 2 N–H and O–H groups in total. The number of aryl methyl sites for hydroxylation is 1. The van der Waals surface area contributed by atoms with Gasteiger partial charge >= 0.3 is 0 Å². The van der Waals surface area contributed by atoms with E-state index in [1.807, 2.05) is 6.92 Å². The van der Waals surface area contributed by atoms with E-state index in [-0.39, 0.29) is 12.0 Å². The van der Waals surface area contributed by atoms with Crippen molar-refractivity contribution in [2.24, 2.45) is 5.92 Å². The van der Waals surface area contributed by atoms with E-state index in [0.717, 1.165) is 31.2 Å². The Bertz CT molecular complexity index is 386. The topological polar surface area (TPSA) is 62.5 Å². The van der Waals surface area contributed by atoms with Crippen molar-refractivity contribution < 1.29 is 14.3 Å². The van der Waals surface area contributed by atoms with E-state index in [1.54, 1.807) is 6.07 Å². The molecule has 17 heavy (non-hydrogen) atoms. The molecule has 1 aromatic heterocycles. The lowest BCUT2D eigenvalue weighted by molar-refractivity contribution is 0.0853. The standard InChI is InChI=1S/C13H19NO3/c1-9-5-6-17-12(9)13(16)14-8-10-3-2-4-11(15)7-10/h5-6,10-11,15H,2-4,7-8H2,1H3,(H,14,16). The SMILES string of the molecule is Cc1ccoc1C(=O)NCC1CCCC(O)C1. The molecule has 1 amide bonds. The van der Waals surface area contributed by atoms with Gasteiger partial charge in [0.2, 0.25) is 0 Å². The van der Waals surface area contributed by atoms with Crippen LogP contribution in [0.15, 0.2) is 16.7 Å². The monoisotopic (exact) mass is 237 g/mol. The molecule has 2 rings (SSSR count). The Balaban J connectivity index is 1.82. The second kappa shape index (κ2) is 5.36. The van der Waals surface area contributed by atoms with Crippen molar-refractivity contribution in [1.82, 2.24) is 5.32 Å². The minimum absolute atomic E-state index is 0.160. The number of amides is 1. The highest BCUT2D eigenvalue weighted by Crippen LogP contribution is 2.23. The van der Waals surface area contributed by atoms with Crippen molar-refractivity contribution in [3.8, 4) is 0 Å². The van der Waals surface area contributed by atoms with Gasteiger partial charge in [0, 0.05) is 12.1 Å². The maximum absolute atomic E-state index is 11.8. The van der Waals surface area contributed by atoms with Gasteiger partial charge in [-0.25, -0.2) is 0 Å². The molecule has 4 nitrogen and oxygen atoms in total. The maximum atomic E-state index is 11.8. The Labute approximate surface area is 101 Å². The zero-order chi connectivity index (χ0) is 12.3. The zero-order valence-electron chi connectivity index (χ0n) is 10.1. The van der Waals surface area contributed by atoms with E-state index in [2.05, 4.69) is 5.32 Å². The molecule has 0 bridgehead atoms. The molecule has 2 atom stereocenters. The molecule has 0 aromatic carbocycles. The van der Waals surface area contributed by atoms with Gasteiger partial charge in [0.05, 0.1) is 12.4 Å². The van der Waals surface area contributed by atoms with Crippen molar-refractivity contribution in [2.75, 3.05) is 6.54 Å². The smallest absolute Gasteiger partial charge is 0.287 e. The first-order valence-electron chi connectivity index (χ1n) is 6.17. The van der Waals surface area contributed by atoms with Crippen LogP contribution >= 0.6 is 0 Å². The second-order valence-electron chi connectivity index (χ2n) is 4.83. The summed E-state index contributed by atoms with van der Waals surface area (Å²) in [4.78, 5) is 11.8. The molecule has 0 aliphatic heterocycles. The molecule has 4 heteroatoms. The summed E-state index contributed by atoms with van der Waals surface area (Å²) in [5, 5.41) is 12.4. The van der Waals surface area contributed by atoms with Gasteiger partial charge < -0.3 is 14.8 Å². The summed E-state index contributed by atoms with van der Waals surface area (Å²) in [6.07, 6.45) is 5.12. The fraction of sp³-hybridized carbons (Fsp3) is 0.615. The van der Waals surface area contributed by atoms with Crippen LogP contribution in [-0.2, 0) is 0 Å². The average molecular weight is 237 g/mol. The van der Waals surface area contributed by atoms with Crippen molar-refractivity contribution in [1.29, 1.82) is 0 Å². The minimum Gasteiger partial charge on any atom is -0.459 e. The molecule has 1 aliphatic carbocycles. The Morgan fingerprint density at radius 3 is 3.06 bits per heavy atom. The van der Waals surface area contributed by atoms with Crippen LogP contribution in [0.5, 0.6) is 0 Å². The lowest BCUT2D eigenvalue weighted by Crippen LogP contribution is -2.33. The van der Waals surface area contributed by atoms with Gasteiger partial charge in [0.15, 0.2) is 5.76 Å². The van der Waals surface area contributed by atoms with Crippen molar-refractivity contribution in [2.45, 2.75) is 38.7 Å². The highest BCUT2D eigenvalue weighted by molar-refractivity contribution is 5.92. The third-order valence-electron chi connectivity index (χ3n) is 3.37. The predicted octanol–water partition coefficient (Wildman–Crippen LogP) is 1.87. The van der Waals surface area contributed by atoms with E-state index in [4.69, 9.17) is 4.42 Å². The Kier molecular flexibility index (Phi) is 3.84. The summed E-state index contributed by atoms with van der Waals surface area (Å²) >= 11 is 0. The fourth-order valence-corrected chi connectivity index (χ4v) is 2.37. The summed E-state index contributed by atoms with van der Waals surface area (Å²) in [5.41, 5.74) is 0.853. The fourth-order valence-electron chi connectivity index (χ4n) is 2.37. The number of nitrogens with one attached hydrogen (secondary N) is 1. The summed E-state index contributed by atoms with van der Waals surface area (Å²) in [6, 6.07) is 1.78. The molecule has 1 heterocycles. The van der Waals surface area contributed by atoms with Gasteiger partial charge in [-0.1, -0.05) is 6.42 Å². The van der Waals surface area contributed by atoms with Gasteiger partial charge in [-0.2, -0.15) is 0 Å². The van der Waals surface area contributed by atoms with Gasteiger partial charge in [-0.15, -0.1) is 0 Å². The number of aliphatic hydroxyl groups excluding tert-OH is 1. The first-order chi connectivity index (χ1) is 8.16. The highest BCUT2D eigenvalue weighted by atomic mass is 16.3. The largest absolute Gasteiger partial charge is 0.459 e. The normalized spacial score (nSPS) is 24.6. The molecular weight excluding hydrogens is 218 g/mol. The van der Waals surface area contributed by atoms with Gasteiger partial charge in [-0.3, -0.25) is 4.79 Å². The second-order valence-corrected chi connectivity index (χ2v) is 4.83. The summed E-state index contributed by atoms with van der Waals surface area (Å²) in [5.74, 6) is 0.617. The molecular formula is C13H19NO3. The van der Waals surface area contributed by atoms with Crippen LogP contribution < -0.4 is 5.32 Å². The molecule has 0 spiro atoms. The lowest BCUT2D eigenvalue weighted by atomic mass is 9.87. The molecule has 1 aliphatic rings. The highest BCUT2D eigenvalue weighted by Gasteiger charge is 2.21. The van der Waals surface area contributed by atoms with Crippen LogP contribution in [0.25, 0.3) is 0 Å². The Morgan fingerprint density at radius 1 is 1.59 bits per heavy atom. The number of carbonyl (C=O) groups excluding carboxylic acids is 1. The van der Waals surface area contributed by atoms with Crippen LogP contribution in [-0.4, -0.2) is 23.7 Å². The van der Waals surface area contributed by atoms with Crippen molar-refractivity contribution in [3.05, 3.63) is 23.7 Å². The number of hydrogen-bond acceptors (Lipinski definition) is 3. The van der Waals surface area contributed by atoms with Crippen molar-refractivity contribution >= 4 is 5.91 Å². The van der Waals surface area contributed by atoms with E-state index in [1.165, 1.54) is 6.26 Å². The number of rotatable bonds is 3. The van der Waals surface area contributed by atoms with Crippen LogP contribution in [0.4, 0.5) is 0 Å². The van der Waals surface area contributed by atoms with Crippen LogP contribution in [0, 0.1) is 12.8 Å². The summed E-state index contributed by atoms with van der Waals surface area (Å²) < 4.78 is 5.13. The Morgan fingerprint density at radius 2 is 2.41 bits per heavy atom. The quantitative estimate of drug-likeness (QED) is 0.843. The average Bonchev–Trinajstić information content (AvgIpc) is 2.72. The lowest BCUT2D eigenvalue weighted by Gasteiger charge is -2.25. The number of carbonyl (C=O) groups is 1. The number of aliphatic hydroxyl groups is 1. The summed E-state index contributed by atoms with van der Waals surface area (Å²) in [6.45, 7) is 2.47. The van der Waals surface area contributed by atoms with E-state index < -0.39 is 0 Å². The van der Waals surface area contributed by atoms with E-state index in [9.17, 15) is 9.90 Å². The van der Waals surface area contributed by atoms with Crippen LogP contribution in [0.2, 0.25) is 0 Å². The number of hydrogen-bond donors (Lipinski definition) is 2. The third-order valence-corrected chi connectivity index (χ3v) is 3.37. The Hall–Kier alpha value is -1.29. The first-order valence-corrected chi connectivity index (χ1v) is 6.17.